The Bertz CT molecular complexity index is 1220. The molecule has 0 bridgehead atoms. The van der Waals surface area contributed by atoms with Crippen LogP contribution < -0.4 is 9.64 Å². The molecule has 0 fully saturated rings. The molecule has 1 N–H and O–H groups in total. The molecule has 34 heavy (non-hydrogen) atoms. The fourth-order valence-electron chi connectivity index (χ4n) is 4.68. The first-order chi connectivity index (χ1) is 16.7. The summed E-state index contributed by atoms with van der Waals surface area (Å²) in [5.41, 5.74) is 6.66. The van der Waals surface area contributed by atoms with Gasteiger partial charge in [0.05, 0.1) is 6.04 Å². The van der Waals surface area contributed by atoms with E-state index < -0.39 is 6.67 Å². The van der Waals surface area contributed by atoms with Crippen LogP contribution in [-0.4, -0.2) is 11.7 Å². The maximum Gasteiger partial charge on any atom is 0.120 e. The van der Waals surface area contributed by atoms with Gasteiger partial charge in [0, 0.05) is 12.2 Å². The Kier molecular flexibility index (Phi) is 6.48. The molecule has 5 rings (SSSR count). The lowest BCUT2D eigenvalue weighted by atomic mass is 9.88. The van der Waals surface area contributed by atoms with Crippen LogP contribution in [0.4, 0.5) is 10.1 Å². The summed E-state index contributed by atoms with van der Waals surface area (Å²) in [5, 5.41) is 9.71. The third-order valence-electron chi connectivity index (χ3n) is 6.51. The SMILES string of the molecule is Oc1ccc(CC2c3ccc(OCc4ccccc4)cc3CCN2c2ccc(CF)cc2)cc1. The van der Waals surface area contributed by atoms with Crippen molar-refractivity contribution >= 4 is 5.69 Å². The van der Waals surface area contributed by atoms with E-state index in [4.69, 9.17) is 4.74 Å². The molecule has 1 atom stereocenters. The third-order valence-corrected chi connectivity index (χ3v) is 6.51. The number of alkyl halides is 1. The highest BCUT2D eigenvalue weighted by Gasteiger charge is 2.28. The Morgan fingerprint density at radius 1 is 0.824 bits per heavy atom. The topological polar surface area (TPSA) is 32.7 Å². The molecule has 1 aliphatic heterocycles. The standard InChI is InChI=1S/C30H28FNO2/c31-20-23-6-10-26(11-7-23)32-17-16-25-19-28(34-21-24-4-2-1-3-5-24)14-15-29(25)30(32)18-22-8-12-27(33)13-9-22/h1-15,19,30,33H,16-18,20-21H2. The van der Waals surface area contributed by atoms with Crippen LogP contribution in [0.25, 0.3) is 0 Å². The lowest BCUT2D eigenvalue weighted by Gasteiger charge is -2.39. The fraction of sp³-hybridized carbons (Fsp3) is 0.200. The smallest absolute Gasteiger partial charge is 0.120 e. The average Bonchev–Trinajstić information content (AvgIpc) is 2.89. The number of rotatable bonds is 7. The van der Waals surface area contributed by atoms with E-state index in [1.807, 2.05) is 54.6 Å². The van der Waals surface area contributed by atoms with E-state index in [1.54, 1.807) is 12.1 Å². The molecule has 0 spiro atoms. The normalized spacial score (nSPS) is 15.1. The quantitative estimate of drug-likeness (QED) is 0.334. The summed E-state index contributed by atoms with van der Waals surface area (Å²) in [6.07, 6.45) is 1.72. The second kappa shape index (κ2) is 10.0. The summed E-state index contributed by atoms with van der Waals surface area (Å²) in [5.74, 6) is 1.15. The molecule has 0 aliphatic carbocycles. The predicted molar refractivity (Wildman–Crippen MR) is 134 cm³/mol. The summed E-state index contributed by atoms with van der Waals surface area (Å²) >= 11 is 0. The van der Waals surface area contributed by atoms with Crippen molar-refractivity contribution in [1.29, 1.82) is 0 Å². The van der Waals surface area contributed by atoms with Crippen molar-refractivity contribution < 1.29 is 14.2 Å². The number of anilines is 1. The molecule has 1 unspecified atom stereocenters. The fourth-order valence-corrected chi connectivity index (χ4v) is 4.68. The molecule has 4 aromatic carbocycles. The van der Waals surface area contributed by atoms with Gasteiger partial charge in [0.15, 0.2) is 0 Å². The van der Waals surface area contributed by atoms with Crippen LogP contribution in [-0.2, 0) is 26.1 Å². The van der Waals surface area contributed by atoms with E-state index in [0.29, 0.717) is 12.2 Å². The Hall–Kier alpha value is -3.79. The Morgan fingerprint density at radius 2 is 1.56 bits per heavy atom. The van der Waals surface area contributed by atoms with Crippen LogP contribution in [0.1, 0.15) is 33.9 Å². The van der Waals surface area contributed by atoms with Gasteiger partial charge in [0.25, 0.3) is 0 Å². The molecule has 0 saturated heterocycles. The molecule has 1 heterocycles. The van der Waals surface area contributed by atoms with Crippen molar-refractivity contribution in [2.45, 2.75) is 32.2 Å². The number of nitrogens with zero attached hydrogens (tertiary/aromatic N) is 1. The maximum atomic E-state index is 13.1. The van der Waals surface area contributed by atoms with Crippen LogP contribution in [0.5, 0.6) is 11.5 Å². The number of aromatic hydroxyl groups is 1. The van der Waals surface area contributed by atoms with Crippen molar-refractivity contribution in [2.24, 2.45) is 0 Å². The van der Waals surface area contributed by atoms with Crippen molar-refractivity contribution in [2.75, 3.05) is 11.4 Å². The van der Waals surface area contributed by atoms with Gasteiger partial charge in [-0.3, -0.25) is 0 Å². The number of ether oxygens (including phenoxy) is 1. The van der Waals surface area contributed by atoms with E-state index in [-0.39, 0.29) is 11.8 Å². The van der Waals surface area contributed by atoms with Crippen molar-refractivity contribution in [3.63, 3.8) is 0 Å². The highest BCUT2D eigenvalue weighted by Crippen LogP contribution is 2.38. The monoisotopic (exact) mass is 453 g/mol. The van der Waals surface area contributed by atoms with Gasteiger partial charge in [-0.25, -0.2) is 4.39 Å². The molecule has 4 aromatic rings. The summed E-state index contributed by atoms with van der Waals surface area (Å²) in [7, 11) is 0. The molecular weight excluding hydrogens is 425 g/mol. The third kappa shape index (κ3) is 4.91. The Balaban J connectivity index is 1.43. The van der Waals surface area contributed by atoms with Crippen LogP contribution in [0.2, 0.25) is 0 Å². The van der Waals surface area contributed by atoms with E-state index in [1.165, 1.54) is 11.1 Å². The van der Waals surface area contributed by atoms with Gasteiger partial charge < -0.3 is 14.7 Å². The lowest BCUT2D eigenvalue weighted by Crippen LogP contribution is -2.36. The molecular formula is C30H28FNO2. The number of hydrogen-bond donors (Lipinski definition) is 1. The predicted octanol–water partition coefficient (Wildman–Crippen LogP) is 6.79. The second-order valence-corrected chi connectivity index (χ2v) is 8.76. The Labute approximate surface area is 200 Å². The second-order valence-electron chi connectivity index (χ2n) is 8.76. The van der Waals surface area contributed by atoms with Gasteiger partial charge in [-0.2, -0.15) is 0 Å². The molecule has 172 valence electrons. The van der Waals surface area contributed by atoms with Crippen molar-refractivity contribution in [3.05, 3.63) is 125 Å². The minimum atomic E-state index is -0.453. The van der Waals surface area contributed by atoms with Gasteiger partial charge in [0.1, 0.15) is 24.8 Å². The highest BCUT2D eigenvalue weighted by molar-refractivity contribution is 5.54. The first-order valence-corrected chi connectivity index (χ1v) is 11.7. The molecule has 0 saturated carbocycles. The molecule has 0 amide bonds. The zero-order chi connectivity index (χ0) is 23.3. The molecule has 0 radical (unpaired) electrons. The minimum absolute atomic E-state index is 0.132. The van der Waals surface area contributed by atoms with Crippen LogP contribution in [0.15, 0.2) is 97.1 Å². The van der Waals surface area contributed by atoms with Crippen LogP contribution >= 0.6 is 0 Å². The zero-order valence-electron chi connectivity index (χ0n) is 19.0. The van der Waals surface area contributed by atoms with Crippen molar-refractivity contribution in [1.82, 2.24) is 0 Å². The first-order valence-electron chi connectivity index (χ1n) is 11.7. The average molecular weight is 454 g/mol. The van der Waals surface area contributed by atoms with E-state index in [2.05, 4.69) is 35.2 Å². The number of phenolic OH excluding ortho intramolecular Hbond substituents is 1. The van der Waals surface area contributed by atoms with E-state index in [0.717, 1.165) is 42.0 Å². The highest BCUT2D eigenvalue weighted by atomic mass is 19.1. The number of benzene rings is 4. The van der Waals surface area contributed by atoms with Gasteiger partial charge in [0.2, 0.25) is 0 Å². The number of phenols is 1. The van der Waals surface area contributed by atoms with Gasteiger partial charge >= 0.3 is 0 Å². The van der Waals surface area contributed by atoms with Gasteiger partial charge in [-0.1, -0.05) is 60.7 Å². The first kappa shape index (κ1) is 22.0. The molecule has 4 heteroatoms. The van der Waals surface area contributed by atoms with Crippen LogP contribution in [0, 0.1) is 0 Å². The van der Waals surface area contributed by atoms with Crippen LogP contribution in [0.3, 0.4) is 0 Å². The molecule has 1 aliphatic rings. The van der Waals surface area contributed by atoms with E-state index in [9.17, 15) is 9.50 Å². The van der Waals surface area contributed by atoms with E-state index >= 15 is 0 Å². The minimum Gasteiger partial charge on any atom is -0.508 e. The maximum absolute atomic E-state index is 13.1. The molecule has 0 aromatic heterocycles. The largest absolute Gasteiger partial charge is 0.508 e. The number of hydrogen-bond acceptors (Lipinski definition) is 3. The van der Waals surface area contributed by atoms with Gasteiger partial charge in [-0.15, -0.1) is 0 Å². The summed E-state index contributed by atoms with van der Waals surface area (Å²) in [4.78, 5) is 2.40. The zero-order valence-corrected chi connectivity index (χ0v) is 19.0. The Morgan fingerprint density at radius 3 is 2.29 bits per heavy atom. The summed E-state index contributed by atoms with van der Waals surface area (Å²) in [6, 6.07) is 31.9. The molecule has 3 nitrogen and oxygen atoms in total. The summed E-state index contributed by atoms with van der Waals surface area (Å²) in [6.45, 7) is 0.961. The van der Waals surface area contributed by atoms with Gasteiger partial charge in [-0.05, 0) is 77.1 Å². The summed E-state index contributed by atoms with van der Waals surface area (Å²) < 4.78 is 19.1. The van der Waals surface area contributed by atoms with Crippen molar-refractivity contribution in [3.8, 4) is 11.5 Å². The lowest BCUT2D eigenvalue weighted by molar-refractivity contribution is 0.305. The number of fused-ring (bicyclic) bond motifs is 1. The number of halogens is 1.